The molecule has 0 spiro atoms. The summed E-state index contributed by atoms with van der Waals surface area (Å²) in [6.07, 6.45) is 4.70. The van der Waals surface area contributed by atoms with Gasteiger partial charge >= 0.3 is 11.9 Å². The van der Waals surface area contributed by atoms with Crippen molar-refractivity contribution in [2.75, 3.05) is 6.61 Å². The van der Waals surface area contributed by atoms with Crippen molar-refractivity contribution in [3.05, 3.63) is 0 Å². The van der Waals surface area contributed by atoms with Gasteiger partial charge in [0.1, 0.15) is 5.60 Å². The molecule has 1 aliphatic rings. The van der Waals surface area contributed by atoms with Gasteiger partial charge in [0.15, 0.2) is 6.61 Å². The van der Waals surface area contributed by atoms with Crippen LogP contribution in [0.5, 0.6) is 0 Å². The number of carbonyl (C=O) groups is 2. The van der Waals surface area contributed by atoms with E-state index in [4.69, 9.17) is 9.47 Å². The normalized spacial score (nSPS) is 19.7. The summed E-state index contributed by atoms with van der Waals surface area (Å²) in [4.78, 5) is 22.9. The smallest absolute Gasteiger partial charge is 0.344 e. The molecule has 98 valence electrons. The van der Waals surface area contributed by atoms with Gasteiger partial charge in [0, 0.05) is 0 Å². The van der Waals surface area contributed by atoms with Gasteiger partial charge in [-0.2, -0.15) is 0 Å². The van der Waals surface area contributed by atoms with E-state index in [1.165, 1.54) is 0 Å². The van der Waals surface area contributed by atoms with Crippen molar-refractivity contribution in [3.8, 4) is 0 Å². The van der Waals surface area contributed by atoms with Crippen LogP contribution in [0.1, 0.15) is 52.9 Å². The zero-order valence-electron chi connectivity index (χ0n) is 11.0. The third-order valence-electron chi connectivity index (χ3n) is 3.37. The molecule has 0 saturated heterocycles. The Labute approximate surface area is 103 Å². The molecule has 0 radical (unpaired) electrons. The van der Waals surface area contributed by atoms with Crippen molar-refractivity contribution in [3.63, 3.8) is 0 Å². The first-order chi connectivity index (χ1) is 7.97. The largest absolute Gasteiger partial charge is 0.457 e. The van der Waals surface area contributed by atoms with Crippen LogP contribution in [0.2, 0.25) is 0 Å². The third kappa shape index (κ3) is 4.36. The van der Waals surface area contributed by atoms with Crippen LogP contribution >= 0.6 is 0 Å². The van der Waals surface area contributed by atoms with E-state index < -0.39 is 5.97 Å². The lowest BCUT2D eigenvalue weighted by Gasteiger charge is -2.23. The molecular formula is C13H22O4. The fourth-order valence-electron chi connectivity index (χ4n) is 1.97. The van der Waals surface area contributed by atoms with E-state index in [0.717, 1.165) is 25.7 Å². The Morgan fingerprint density at radius 2 is 1.88 bits per heavy atom. The summed E-state index contributed by atoms with van der Waals surface area (Å²) in [6, 6.07) is 0. The standard InChI is InChI=1S/C13H22O4/c1-4-10(2)12(15)16-9-11(14)17-13(3)7-5-6-8-13/h10H,4-9H2,1-3H3. The second-order valence-corrected chi connectivity index (χ2v) is 5.05. The summed E-state index contributed by atoms with van der Waals surface area (Å²) >= 11 is 0. The molecule has 0 aliphatic heterocycles. The van der Waals surface area contributed by atoms with Crippen LogP contribution in [0.15, 0.2) is 0 Å². The van der Waals surface area contributed by atoms with E-state index in [9.17, 15) is 9.59 Å². The molecule has 4 nitrogen and oxygen atoms in total. The van der Waals surface area contributed by atoms with Crippen molar-refractivity contribution in [1.29, 1.82) is 0 Å². The van der Waals surface area contributed by atoms with Gasteiger partial charge in [-0.1, -0.05) is 13.8 Å². The minimum Gasteiger partial charge on any atom is -0.457 e. The van der Waals surface area contributed by atoms with Gasteiger partial charge in [-0.3, -0.25) is 4.79 Å². The quantitative estimate of drug-likeness (QED) is 0.695. The molecule has 0 aromatic heterocycles. The SMILES string of the molecule is CCC(C)C(=O)OCC(=O)OC1(C)CCCC1. The van der Waals surface area contributed by atoms with E-state index in [2.05, 4.69) is 0 Å². The Balaban J connectivity index is 2.28. The zero-order chi connectivity index (χ0) is 12.9. The highest BCUT2D eigenvalue weighted by Gasteiger charge is 2.32. The van der Waals surface area contributed by atoms with E-state index in [0.29, 0.717) is 6.42 Å². The van der Waals surface area contributed by atoms with Gasteiger partial charge in [-0.05, 0) is 39.0 Å². The predicted octanol–water partition coefficient (Wildman–Crippen LogP) is 2.45. The Bertz CT molecular complexity index is 279. The lowest BCUT2D eigenvalue weighted by atomic mass is 10.1. The molecule has 17 heavy (non-hydrogen) atoms. The minimum atomic E-state index is -0.439. The molecule has 1 atom stereocenters. The van der Waals surface area contributed by atoms with Crippen molar-refractivity contribution >= 4 is 11.9 Å². The fraction of sp³-hybridized carbons (Fsp3) is 0.846. The van der Waals surface area contributed by atoms with Gasteiger partial charge in [-0.25, -0.2) is 4.79 Å². The number of rotatable bonds is 5. The summed E-state index contributed by atoms with van der Waals surface area (Å²) in [5, 5.41) is 0. The zero-order valence-corrected chi connectivity index (χ0v) is 11.0. The maximum absolute atomic E-state index is 11.5. The van der Waals surface area contributed by atoms with Crippen LogP contribution in [0.4, 0.5) is 0 Å². The molecule has 1 saturated carbocycles. The van der Waals surface area contributed by atoms with E-state index in [1.54, 1.807) is 6.92 Å². The molecule has 0 bridgehead atoms. The molecule has 1 aliphatic carbocycles. The monoisotopic (exact) mass is 242 g/mol. The number of esters is 2. The lowest BCUT2D eigenvalue weighted by molar-refractivity contribution is -0.169. The van der Waals surface area contributed by atoms with Crippen LogP contribution in [0.25, 0.3) is 0 Å². The van der Waals surface area contributed by atoms with Gasteiger partial charge in [0.25, 0.3) is 0 Å². The van der Waals surface area contributed by atoms with Crippen LogP contribution in [0, 0.1) is 5.92 Å². The molecule has 0 aromatic carbocycles. The van der Waals surface area contributed by atoms with Gasteiger partial charge < -0.3 is 9.47 Å². The van der Waals surface area contributed by atoms with Gasteiger partial charge in [0.2, 0.25) is 0 Å². The van der Waals surface area contributed by atoms with Crippen LogP contribution in [0.3, 0.4) is 0 Å². The Morgan fingerprint density at radius 1 is 1.29 bits per heavy atom. The van der Waals surface area contributed by atoms with Crippen LogP contribution in [-0.2, 0) is 19.1 Å². The minimum absolute atomic E-state index is 0.162. The van der Waals surface area contributed by atoms with E-state index in [1.807, 2.05) is 13.8 Å². The fourth-order valence-corrected chi connectivity index (χ4v) is 1.97. The molecule has 0 N–H and O–H groups in total. The number of hydrogen-bond acceptors (Lipinski definition) is 4. The molecule has 4 heteroatoms. The van der Waals surface area contributed by atoms with Crippen molar-refractivity contribution < 1.29 is 19.1 Å². The Hall–Kier alpha value is -1.06. The van der Waals surface area contributed by atoms with Crippen molar-refractivity contribution in [1.82, 2.24) is 0 Å². The predicted molar refractivity (Wildman–Crippen MR) is 63.4 cm³/mol. The third-order valence-corrected chi connectivity index (χ3v) is 3.37. The number of carbonyl (C=O) groups excluding carboxylic acids is 2. The highest BCUT2D eigenvalue weighted by molar-refractivity contribution is 5.77. The molecule has 0 heterocycles. The average molecular weight is 242 g/mol. The molecule has 0 aromatic rings. The topological polar surface area (TPSA) is 52.6 Å². The first kappa shape index (κ1) is 14.0. The summed E-state index contributed by atoms with van der Waals surface area (Å²) < 4.78 is 10.2. The van der Waals surface area contributed by atoms with Crippen molar-refractivity contribution in [2.45, 2.75) is 58.5 Å². The van der Waals surface area contributed by atoms with Crippen molar-refractivity contribution in [2.24, 2.45) is 5.92 Å². The van der Waals surface area contributed by atoms with E-state index >= 15 is 0 Å². The lowest BCUT2D eigenvalue weighted by Crippen LogP contribution is -2.31. The molecule has 1 fully saturated rings. The van der Waals surface area contributed by atoms with E-state index in [-0.39, 0.29) is 24.1 Å². The van der Waals surface area contributed by atoms with Gasteiger partial charge in [-0.15, -0.1) is 0 Å². The first-order valence-electron chi connectivity index (χ1n) is 6.35. The highest BCUT2D eigenvalue weighted by Crippen LogP contribution is 2.32. The summed E-state index contributed by atoms with van der Waals surface area (Å²) in [7, 11) is 0. The molecule has 1 rings (SSSR count). The van der Waals surface area contributed by atoms with Gasteiger partial charge in [0.05, 0.1) is 5.92 Å². The Morgan fingerprint density at radius 3 is 2.41 bits per heavy atom. The highest BCUT2D eigenvalue weighted by atomic mass is 16.6. The van der Waals surface area contributed by atoms with Crippen LogP contribution in [-0.4, -0.2) is 24.1 Å². The first-order valence-corrected chi connectivity index (χ1v) is 6.35. The Kier molecular flexibility index (Phi) is 4.97. The molecule has 1 unspecified atom stereocenters. The summed E-state index contributed by atoms with van der Waals surface area (Å²) in [6.45, 7) is 5.36. The number of ether oxygens (including phenoxy) is 2. The second kappa shape index (κ2) is 6.03. The van der Waals surface area contributed by atoms with Crippen LogP contribution < -0.4 is 0 Å². The maximum Gasteiger partial charge on any atom is 0.344 e. The second-order valence-electron chi connectivity index (χ2n) is 5.05. The number of hydrogen-bond donors (Lipinski definition) is 0. The molecular weight excluding hydrogens is 220 g/mol. The average Bonchev–Trinajstić information content (AvgIpc) is 2.71. The maximum atomic E-state index is 11.5. The molecule has 0 amide bonds. The summed E-state index contributed by atoms with van der Waals surface area (Å²) in [5.41, 5.74) is -0.347. The summed E-state index contributed by atoms with van der Waals surface area (Å²) in [5.74, 6) is -0.933.